The summed E-state index contributed by atoms with van der Waals surface area (Å²) in [5, 5.41) is 6.57. The third-order valence-electron chi connectivity index (χ3n) is 2.94. The van der Waals surface area contributed by atoms with Gasteiger partial charge in [-0.15, -0.1) is 0 Å². The van der Waals surface area contributed by atoms with Gasteiger partial charge < -0.3 is 9.84 Å². The van der Waals surface area contributed by atoms with E-state index in [-0.39, 0.29) is 11.2 Å². The average Bonchev–Trinajstić information content (AvgIpc) is 2.65. The summed E-state index contributed by atoms with van der Waals surface area (Å²) in [6.45, 7) is 3.49. The summed E-state index contributed by atoms with van der Waals surface area (Å²) in [7, 11) is 0. The molecule has 96 valence electrons. The molecule has 1 unspecified atom stereocenters. The van der Waals surface area contributed by atoms with Crippen LogP contribution in [0, 0.1) is 0 Å². The highest BCUT2D eigenvalue weighted by molar-refractivity contribution is 5.06. The predicted octanol–water partition coefficient (Wildman–Crippen LogP) is 1.82. The Labute approximate surface area is 96.6 Å². The lowest BCUT2D eigenvalue weighted by molar-refractivity contribution is -0.128. The van der Waals surface area contributed by atoms with Crippen LogP contribution in [-0.2, 0) is 11.8 Å². The Hall–Kier alpha value is -1.11. The van der Waals surface area contributed by atoms with Crippen molar-refractivity contribution in [2.24, 2.45) is 0 Å². The number of alkyl halides is 3. The fraction of sp³-hybridized carbons (Fsp3) is 0.800. The lowest BCUT2D eigenvalue weighted by atomic mass is 9.83. The van der Waals surface area contributed by atoms with E-state index in [1.165, 1.54) is 0 Å². The van der Waals surface area contributed by atoms with Crippen LogP contribution in [0.5, 0.6) is 0 Å². The van der Waals surface area contributed by atoms with Crippen molar-refractivity contribution in [3.63, 3.8) is 0 Å². The molecule has 17 heavy (non-hydrogen) atoms. The minimum absolute atomic E-state index is 0.292. The molecule has 0 saturated carbocycles. The Morgan fingerprint density at radius 1 is 1.47 bits per heavy atom. The first kappa shape index (κ1) is 12.3. The second-order valence-electron chi connectivity index (χ2n) is 4.65. The first-order valence-electron chi connectivity index (χ1n) is 5.50. The van der Waals surface area contributed by atoms with Crippen LogP contribution in [0.2, 0.25) is 0 Å². The van der Waals surface area contributed by atoms with Gasteiger partial charge in [-0.2, -0.15) is 18.2 Å². The van der Waals surface area contributed by atoms with E-state index >= 15 is 0 Å². The maximum atomic E-state index is 12.2. The quantitative estimate of drug-likeness (QED) is 0.868. The molecule has 1 aromatic heterocycles. The molecule has 0 aromatic carbocycles. The SMILES string of the molecule is CC1(c2nc(CC(F)(F)F)no2)CCCNC1. The molecule has 0 aliphatic carbocycles. The number of aromatic nitrogens is 2. The minimum atomic E-state index is -4.30. The van der Waals surface area contributed by atoms with Crippen molar-refractivity contribution in [1.82, 2.24) is 15.5 Å². The zero-order chi connectivity index (χ0) is 12.5. The Balaban J connectivity index is 2.12. The van der Waals surface area contributed by atoms with Gasteiger partial charge in [-0.05, 0) is 26.3 Å². The third kappa shape index (κ3) is 2.96. The Morgan fingerprint density at radius 2 is 2.24 bits per heavy atom. The smallest absolute Gasteiger partial charge is 0.339 e. The first-order valence-corrected chi connectivity index (χ1v) is 5.50. The third-order valence-corrected chi connectivity index (χ3v) is 2.94. The highest BCUT2D eigenvalue weighted by atomic mass is 19.4. The van der Waals surface area contributed by atoms with E-state index in [9.17, 15) is 13.2 Å². The van der Waals surface area contributed by atoms with Gasteiger partial charge in [0.25, 0.3) is 0 Å². The molecule has 0 spiro atoms. The van der Waals surface area contributed by atoms with Crippen molar-refractivity contribution < 1.29 is 17.7 Å². The molecule has 1 fully saturated rings. The highest BCUT2D eigenvalue weighted by Crippen LogP contribution is 2.30. The van der Waals surface area contributed by atoms with Crippen LogP contribution >= 0.6 is 0 Å². The summed E-state index contributed by atoms with van der Waals surface area (Å²) < 4.78 is 41.4. The Kier molecular flexibility index (Phi) is 3.11. The number of nitrogens with zero attached hydrogens (tertiary/aromatic N) is 2. The van der Waals surface area contributed by atoms with E-state index < -0.39 is 12.6 Å². The first-order chi connectivity index (χ1) is 7.89. The number of rotatable bonds is 2. The topological polar surface area (TPSA) is 51.0 Å². The zero-order valence-corrected chi connectivity index (χ0v) is 9.47. The van der Waals surface area contributed by atoms with E-state index in [4.69, 9.17) is 4.52 Å². The van der Waals surface area contributed by atoms with Crippen LogP contribution in [0.4, 0.5) is 13.2 Å². The average molecular weight is 249 g/mol. The molecule has 1 aromatic rings. The highest BCUT2D eigenvalue weighted by Gasteiger charge is 2.36. The largest absolute Gasteiger partial charge is 0.396 e. The van der Waals surface area contributed by atoms with Crippen LogP contribution in [0.15, 0.2) is 4.52 Å². The van der Waals surface area contributed by atoms with Crippen LogP contribution in [0.25, 0.3) is 0 Å². The van der Waals surface area contributed by atoms with E-state index in [0.29, 0.717) is 12.4 Å². The van der Waals surface area contributed by atoms with Crippen LogP contribution in [0.1, 0.15) is 31.5 Å². The summed E-state index contributed by atoms with van der Waals surface area (Å²) in [4.78, 5) is 3.85. The Morgan fingerprint density at radius 3 is 2.82 bits per heavy atom. The molecule has 0 bridgehead atoms. The maximum Gasteiger partial charge on any atom is 0.396 e. The summed E-state index contributed by atoms with van der Waals surface area (Å²) in [5.74, 6) is 0.00301. The number of nitrogens with one attached hydrogen (secondary N) is 1. The maximum absolute atomic E-state index is 12.2. The summed E-state index contributed by atoms with van der Waals surface area (Å²) in [5.41, 5.74) is -0.352. The fourth-order valence-corrected chi connectivity index (χ4v) is 1.99. The van der Waals surface area contributed by atoms with Crippen LogP contribution < -0.4 is 5.32 Å². The van der Waals surface area contributed by atoms with E-state index in [1.54, 1.807) is 0 Å². The Bertz CT molecular complexity index is 382. The molecule has 7 heteroatoms. The van der Waals surface area contributed by atoms with Crippen molar-refractivity contribution in [2.45, 2.75) is 37.8 Å². The van der Waals surface area contributed by atoms with E-state index in [2.05, 4.69) is 15.5 Å². The lowest BCUT2D eigenvalue weighted by Gasteiger charge is -2.30. The van der Waals surface area contributed by atoms with Gasteiger partial charge in [-0.1, -0.05) is 5.16 Å². The molecule has 0 amide bonds. The van der Waals surface area contributed by atoms with Crippen molar-refractivity contribution in [3.8, 4) is 0 Å². The molecular formula is C10H14F3N3O. The van der Waals surface area contributed by atoms with Gasteiger partial charge in [0, 0.05) is 6.54 Å². The van der Waals surface area contributed by atoms with Gasteiger partial charge in [0.1, 0.15) is 6.42 Å². The van der Waals surface area contributed by atoms with Crippen molar-refractivity contribution in [3.05, 3.63) is 11.7 Å². The molecule has 2 rings (SSSR count). The normalized spacial score (nSPS) is 26.1. The van der Waals surface area contributed by atoms with Gasteiger partial charge in [-0.3, -0.25) is 0 Å². The molecular weight excluding hydrogens is 235 g/mol. The van der Waals surface area contributed by atoms with Crippen molar-refractivity contribution >= 4 is 0 Å². The van der Waals surface area contributed by atoms with E-state index in [1.807, 2.05) is 6.92 Å². The van der Waals surface area contributed by atoms with Gasteiger partial charge in [0.2, 0.25) is 5.89 Å². The molecule has 1 atom stereocenters. The lowest BCUT2D eigenvalue weighted by Crippen LogP contribution is -2.41. The monoisotopic (exact) mass is 249 g/mol. The molecule has 1 aliphatic heterocycles. The molecule has 0 radical (unpaired) electrons. The standard InChI is InChI=1S/C10H14F3N3O/c1-9(3-2-4-14-6-9)8-15-7(16-17-8)5-10(11,12)13/h14H,2-6H2,1H3. The number of piperidine rings is 1. The van der Waals surface area contributed by atoms with E-state index in [0.717, 1.165) is 19.4 Å². The van der Waals surface area contributed by atoms with Gasteiger partial charge >= 0.3 is 6.18 Å². The second kappa shape index (κ2) is 4.29. The molecule has 2 heterocycles. The minimum Gasteiger partial charge on any atom is -0.339 e. The second-order valence-corrected chi connectivity index (χ2v) is 4.65. The van der Waals surface area contributed by atoms with Gasteiger partial charge in [-0.25, -0.2) is 0 Å². The molecule has 4 nitrogen and oxygen atoms in total. The summed E-state index contributed by atoms with van der Waals surface area (Å²) >= 11 is 0. The molecule has 1 saturated heterocycles. The molecule has 1 N–H and O–H groups in total. The summed E-state index contributed by atoms with van der Waals surface area (Å²) in [6.07, 6.45) is -3.64. The van der Waals surface area contributed by atoms with Crippen LogP contribution in [0.3, 0.4) is 0 Å². The predicted molar refractivity (Wildman–Crippen MR) is 53.5 cm³/mol. The number of hydrogen-bond donors (Lipinski definition) is 1. The summed E-state index contributed by atoms with van der Waals surface area (Å²) in [6, 6.07) is 0. The van der Waals surface area contributed by atoms with Crippen molar-refractivity contribution in [1.29, 1.82) is 0 Å². The number of halogens is 3. The van der Waals surface area contributed by atoms with Gasteiger partial charge in [0.15, 0.2) is 5.82 Å². The molecule has 1 aliphatic rings. The number of hydrogen-bond acceptors (Lipinski definition) is 4. The zero-order valence-electron chi connectivity index (χ0n) is 9.47. The van der Waals surface area contributed by atoms with Gasteiger partial charge in [0.05, 0.1) is 5.41 Å². The van der Waals surface area contributed by atoms with Crippen LogP contribution in [-0.4, -0.2) is 29.4 Å². The van der Waals surface area contributed by atoms with Crippen molar-refractivity contribution in [2.75, 3.05) is 13.1 Å². The fourth-order valence-electron chi connectivity index (χ4n) is 1.99.